The maximum Gasteiger partial charge on any atom is 0.338 e. The summed E-state index contributed by atoms with van der Waals surface area (Å²) in [5, 5.41) is 8.95. The number of hydrogen-bond donors (Lipinski definition) is 2. The summed E-state index contributed by atoms with van der Waals surface area (Å²) in [6.45, 7) is 0. The van der Waals surface area contributed by atoms with Crippen LogP contribution in [0.3, 0.4) is 0 Å². The molecule has 1 heterocycles. The van der Waals surface area contributed by atoms with Gasteiger partial charge in [-0.1, -0.05) is 0 Å². The van der Waals surface area contributed by atoms with Crippen LogP contribution >= 0.6 is 0 Å². The summed E-state index contributed by atoms with van der Waals surface area (Å²) in [7, 11) is -3.29. The van der Waals surface area contributed by atoms with E-state index in [-0.39, 0.29) is 22.0 Å². The number of benzene rings is 1. The van der Waals surface area contributed by atoms with Crippen LogP contribution in [0.5, 0.6) is 11.6 Å². The molecule has 0 atom stereocenters. The highest BCUT2D eigenvalue weighted by molar-refractivity contribution is 7.90. The van der Waals surface area contributed by atoms with Crippen LogP contribution in [0.25, 0.3) is 0 Å². The molecule has 0 spiro atoms. The molecule has 0 fully saturated rings. The molecule has 0 radical (unpaired) electrons. The monoisotopic (exact) mass is 308 g/mol. The lowest BCUT2D eigenvalue weighted by molar-refractivity contribution is 0.0697. The molecular weight excluding hydrogens is 296 g/mol. The van der Waals surface area contributed by atoms with Crippen molar-refractivity contribution in [2.75, 3.05) is 12.0 Å². The minimum Gasteiger partial charge on any atom is -0.478 e. The second kappa shape index (κ2) is 5.41. The van der Waals surface area contributed by atoms with Gasteiger partial charge >= 0.3 is 5.97 Å². The van der Waals surface area contributed by atoms with Gasteiger partial charge < -0.3 is 15.6 Å². The predicted molar refractivity (Wildman–Crippen MR) is 75.2 cm³/mol. The van der Waals surface area contributed by atoms with E-state index in [1.165, 1.54) is 36.5 Å². The molecule has 1 aromatic heterocycles. The lowest BCUT2D eigenvalue weighted by atomic mass is 10.2. The first-order chi connectivity index (χ1) is 9.79. The third-order valence-electron chi connectivity index (χ3n) is 2.65. The molecule has 8 heteroatoms. The van der Waals surface area contributed by atoms with E-state index in [1.807, 2.05) is 0 Å². The molecule has 2 aromatic rings. The predicted octanol–water partition coefficient (Wildman–Crippen LogP) is 1.56. The molecule has 0 saturated heterocycles. The Balaban J connectivity index is 2.31. The third-order valence-corrected chi connectivity index (χ3v) is 3.78. The Morgan fingerprint density at radius 3 is 2.38 bits per heavy atom. The van der Waals surface area contributed by atoms with Gasteiger partial charge in [-0.15, -0.1) is 0 Å². The van der Waals surface area contributed by atoms with Crippen molar-refractivity contribution in [1.82, 2.24) is 4.98 Å². The number of ether oxygens (including phenoxy) is 1. The van der Waals surface area contributed by atoms with E-state index in [9.17, 15) is 13.2 Å². The number of anilines is 1. The second-order valence-electron chi connectivity index (χ2n) is 4.23. The van der Waals surface area contributed by atoms with Crippen LogP contribution in [0.1, 0.15) is 10.4 Å². The highest BCUT2D eigenvalue weighted by Gasteiger charge is 2.14. The Morgan fingerprint density at radius 2 is 1.86 bits per heavy atom. The molecule has 3 N–H and O–H groups in total. The van der Waals surface area contributed by atoms with Crippen LogP contribution in [-0.2, 0) is 9.84 Å². The van der Waals surface area contributed by atoms with Crippen LogP contribution in [0.4, 0.5) is 5.69 Å². The van der Waals surface area contributed by atoms with Crippen molar-refractivity contribution in [2.45, 2.75) is 4.90 Å². The summed E-state index contributed by atoms with van der Waals surface area (Å²) in [6.07, 6.45) is 2.36. The molecule has 21 heavy (non-hydrogen) atoms. The molecule has 0 saturated carbocycles. The number of pyridine rings is 1. The van der Waals surface area contributed by atoms with Gasteiger partial charge in [0, 0.05) is 12.5 Å². The van der Waals surface area contributed by atoms with Crippen LogP contribution in [0.2, 0.25) is 0 Å². The molecule has 0 aliphatic heterocycles. The number of nitrogens with zero attached hydrogens (tertiary/aromatic N) is 1. The molecule has 7 nitrogen and oxygen atoms in total. The molecule has 1 aromatic carbocycles. The number of carbonyl (C=O) groups is 1. The molecule has 0 aliphatic rings. The Morgan fingerprint density at radius 1 is 1.24 bits per heavy atom. The van der Waals surface area contributed by atoms with E-state index in [2.05, 4.69) is 4.98 Å². The zero-order chi connectivity index (χ0) is 15.6. The smallest absolute Gasteiger partial charge is 0.338 e. The maximum absolute atomic E-state index is 11.3. The standard InChI is InChI=1S/C13H12N2O5S/c1-21(18,19)9-4-2-8(3-5-9)20-12-11(14)10(13(16)17)6-7-15-12/h2-7H,14H2,1H3,(H,16,17). The van der Waals surface area contributed by atoms with Gasteiger partial charge in [0.25, 0.3) is 0 Å². The van der Waals surface area contributed by atoms with Crippen LogP contribution in [-0.4, -0.2) is 30.7 Å². The number of carboxylic acids is 1. The molecule has 0 unspecified atom stereocenters. The van der Waals surface area contributed by atoms with E-state index in [0.29, 0.717) is 5.75 Å². The number of sulfone groups is 1. The fraction of sp³-hybridized carbons (Fsp3) is 0.0769. The van der Waals surface area contributed by atoms with E-state index in [4.69, 9.17) is 15.6 Å². The topological polar surface area (TPSA) is 120 Å². The zero-order valence-corrected chi connectivity index (χ0v) is 11.8. The minimum atomic E-state index is -3.29. The van der Waals surface area contributed by atoms with E-state index >= 15 is 0 Å². The van der Waals surface area contributed by atoms with Crippen LogP contribution in [0, 0.1) is 0 Å². The van der Waals surface area contributed by atoms with Crippen molar-refractivity contribution in [1.29, 1.82) is 0 Å². The molecular formula is C13H12N2O5S. The molecule has 0 aliphatic carbocycles. The molecule has 110 valence electrons. The average molecular weight is 308 g/mol. The first-order valence-electron chi connectivity index (χ1n) is 5.75. The second-order valence-corrected chi connectivity index (χ2v) is 6.24. The SMILES string of the molecule is CS(=O)(=O)c1ccc(Oc2nccc(C(=O)O)c2N)cc1. The van der Waals surface area contributed by atoms with E-state index in [0.717, 1.165) is 6.26 Å². The first-order valence-corrected chi connectivity index (χ1v) is 7.64. The van der Waals surface area contributed by atoms with Gasteiger partial charge in [0.15, 0.2) is 9.84 Å². The van der Waals surface area contributed by atoms with Gasteiger partial charge in [-0.2, -0.15) is 0 Å². The summed E-state index contributed by atoms with van der Waals surface area (Å²) >= 11 is 0. The van der Waals surface area contributed by atoms with Gasteiger partial charge in [-0.05, 0) is 30.3 Å². The number of aromatic carboxylic acids is 1. The lowest BCUT2D eigenvalue weighted by Crippen LogP contribution is -2.05. The quantitative estimate of drug-likeness (QED) is 0.879. The van der Waals surface area contributed by atoms with E-state index < -0.39 is 15.8 Å². The van der Waals surface area contributed by atoms with Crippen molar-refractivity contribution >= 4 is 21.5 Å². The maximum atomic E-state index is 11.3. The fourth-order valence-corrected chi connectivity index (χ4v) is 2.22. The Bertz CT molecular complexity index is 785. The van der Waals surface area contributed by atoms with Gasteiger partial charge in [-0.3, -0.25) is 0 Å². The molecule has 0 bridgehead atoms. The summed E-state index contributed by atoms with van der Waals surface area (Å²) in [5.41, 5.74) is 5.45. The van der Waals surface area contributed by atoms with Crippen molar-refractivity contribution < 1.29 is 23.1 Å². The molecule has 2 rings (SSSR count). The number of aromatic nitrogens is 1. The summed E-state index contributed by atoms with van der Waals surface area (Å²) in [4.78, 5) is 15.0. The van der Waals surface area contributed by atoms with Crippen molar-refractivity contribution in [3.05, 3.63) is 42.1 Å². The van der Waals surface area contributed by atoms with Crippen molar-refractivity contribution in [2.24, 2.45) is 0 Å². The Hall–Kier alpha value is -2.61. The number of hydrogen-bond acceptors (Lipinski definition) is 6. The zero-order valence-electron chi connectivity index (χ0n) is 11.0. The summed E-state index contributed by atoms with van der Waals surface area (Å²) in [6, 6.07) is 6.89. The fourth-order valence-electron chi connectivity index (χ4n) is 1.59. The Kier molecular flexibility index (Phi) is 3.81. The van der Waals surface area contributed by atoms with Crippen LogP contribution < -0.4 is 10.5 Å². The lowest BCUT2D eigenvalue weighted by Gasteiger charge is -2.09. The molecule has 0 amide bonds. The number of rotatable bonds is 4. The third kappa shape index (κ3) is 3.29. The average Bonchev–Trinajstić information content (AvgIpc) is 2.40. The summed E-state index contributed by atoms with van der Waals surface area (Å²) < 4.78 is 28.0. The largest absolute Gasteiger partial charge is 0.478 e. The summed E-state index contributed by atoms with van der Waals surface area (Å²) in [5.74, 6) is -0.946. The first kappa shape index (κ1) is 14.8. The van der Waals surface area contributed by atoms with Gasteiger partial charge in [-0.25, -0.2) is 18.2 Å². The van der Waals surface area contributed by atoms with Crippen molar-refractivity contribution in [3.8, 4) is 11.6 Å². The van der Waals surface area contributed by atoms with Crippen molar-refractivity contribution in [3.63, 3.8) is 0 Å². The van der Waals surface area contributed by atoms with Gasteiger partial charge in [0.1, 0.15) is 11.4 Å². The highest BCUT2D eigenvalue weighted by atomic mass is 32.2. The van der Waals surface area contributed by atoms with E-state index in [1.54, 1.807) is 0 Å². The number of nitrogens with two attached hydrogens (primary N) is 1. The Labute approximate surface area is 120 Å². The van der Waals surface area contributed by atoms with Gasteiger partial charge in [0.05, 0.1) is 10.5 Å². The van der Waals surface area contributed by atoms with Gasteiger partial charge in [0.2, 0.25) is 5.88 Å². The normalized spacial score (nSPS) is 11.1. The number of nitrogen functional groups attached to an aromatic ring is 1. The highest BCUT2D eigenvalue weighted by Crippen LogP contribution is 2.28. The minimum absolute atomic E-state index is 0.0537. The van der Waals surface area contributed by atoms with Crippen LogP contribution in [0.15, 0.2) is 41.4 Å². The number of carboxylic acid groups (broad SMARTS) is 1.